The zero-order valence-electron chi connectivity index (χ0n) is 11.3. The number of rotatable bonds is 2. The van der Waals surface area contributed by atoms with Crippen LogP contribution in [0.3, 0.4) is 0 Å². The van der Waals surface area contributed by atoms with E-state index in [0.29, 0.717) is 11.0 Å². The number of pyridine rings is 1. The topological polar surface area (TPSA) is 64.0 Å². The van der Waals surface area contributed by atoms with Gasteiger partial charge in [-0.05, 0) is 30.4 Å². The van der Waals surface area contributed by atoms with E-state index in [1.807, 2.05) is 0 Å². The Morgan fingerprint density at radius 1 is 1.55 bits per heavy atom. The molecular weight excluding hydrogens is 274 g/mol. The molecule has 0 radical (unpaired) electrons. The Morgan fingerprint density at radius 2 is 2.35 bits per heavy atom. The van der Waals surface area contributed by atoms with E-state index in [2.05, 4.69) is 17.2 Å². The Hall–Kier alpha value is -1.95. The lowest BCUT2D eigenvalue weighted by Crippen LogP contribution is -2.29. The normalized spacial score (nSPS) is 17.0. The molecule has 0 fully saturated rings. The Kier molecular flexibility index (Phi) is 3.17. The lowest BCUT2D eigenvalue weighted by atomic mass is 10.0. The highest BCUT2D eigenvalue weighted by atomic mass is 32.1. The van der Waals surface area contributed by atoms with E-state index in [-0.39, 0.29) is 17.0 Å². The number of carbonyl (C=O) groups is 1. The van der Waals surface area contributed by atoms with Crippen molar-refractivity contribution in [3.05, 3.63) is 44.8 Å². The van der Waals surface area contributed by atoms with E-state index < -0.39 is 0 Å². The molecule has 20 heavy (non-hydrogen) atoms. The van der Waals surface area contributed by atoms with Gasteiger partial charge in [0.1, 0.15) is 5.56 Å². The second kappa shape index (κ2) is 4.86. The summed E-state index contributed by atoms with van der Waals surface area (Å²) in [7, 11) is 1.74. The molecule has 3 rings (SSSR count). The number of fused-ring (bicyclic) bond motifs is 1. The summed E-state index contributed by atoms with van der Waals surface area (Å²) in [5, 5.41) is 4.95. The first kappa shape index (κ1) is 13.1. The number of nitrogens with zero attached hydrogens (tertiary/aromatic N) is 2. The van der Waals surface area contributed by atoms with Gasteiger partial charge in [0.25, 0.3) is 11.5 Å². The van der Waals surface area contributed by atoms with Crippen molar-refractivity contribution < 1.29 is 4.79 Å². The molecule has 0 bridgehead atoms. The van der Waals surface area contributed by atoms with Gasteiger partial charge in [0.15, 0.2) is 5.13 Å². The number of nitrogens with one attached hydrogen (secondary N) is 1. The highest BCUT2D eigenvalue weighted by Crippen LogP contribution is 2.31. The fourth-order valence-corrected chi connectivity index (χ4v) is 3.18. The van der Waals surface area contributed by atoms with Crippen LogP contribution in [0.15, 0.2) is 22.4 Å². The van der Waals surface area contributed by atoms with Crippen molar-refractivity contribution in [2.75, 3.05) is 5.32 Å². The number of anilines is 1. The van der Waals surface area contributed by atoms with Gasteiger partial charge in [-0.1, -0.05) is 6.92 Å². The van der Waals surface area contributed by atoms with Gasteiger partial charge in [-0.2, -0.15) is 0 Å². The molecule has 0 saturated heterocycles. The lowest BCUT2D eigenvalue weighted by molar-refractivity contribution is 0.102. The summed E-state index contributed by atoms with van der Waals surface area (Å²) in [4.78, 5) is 28.5. The van der Waals surface area contributed by atoms with Gasteiger partial charge < -0.3 is 4.57 Å². The summed E-state index contributed by atoms with van der Waals surface area (Å²) >= 11 is 1.33. The van der Waals surface area contributed by atoms with Crippen molar-refractivity contribution in [3.63, 3.8) is 0 Å². The Bertz CT molecular complexity index is 719. The van der Waals surface area contributed by atoms with E-state index in [1.165, 1.54) is 11.3 Å². The average molecular weight is 289 g/mol. The minimum Gasteiger partial charge on any atom is -0.315 e. The maximum absolute atomic E-state index is 12.3. The van der Waals surface area contributed by atoms with Crippen LogP contribution in [0.25, 0.3) is 0 Å². The number of hydrogen-bond acceptors (Lipinski definition) is 4. The van der Waals surface area contributed by atoms with Crippen LogP contribution in [0.2, 0.25) is 0 Å². The van der Waals surface area contributed by atoms with Crippen LogP contribution in [-0.2, 0) is 13.5 Å². The van der Waals surface area contributed by atoms with E-state index in [0.717, 1.165) is 24.1 Å². The summed E-state index contributed by atoms with van der Waals surface area (Å²) in [5.41, 5.74) is 2.10. The maximum Gasteiger partial charge on any atom is 0.263 e. The lowest BCUT2D eigenvalue weighted by Gasteiger charge is -2.11. The highest BCUT2D eigenvalue weighted by molar-refractivity contribution is 7.13. The highest BCUT2D eigenvalue weighted by Gasteiger charge is 2.25. The zero-order chi connectivity index (χ0) is 14.3. The van der Waals surface area contributed by atoms with Gasteiger partial charge >= 0.3 is 0 Å². The van der Waals surface area contributed by atoms with Crippen molar-refractivity contribution >= 4 is 22.4 Å². The van der Waals surface area contributed by atoms with Gasteiger partial charge in [0.2, 0.25) is 0 Å². The number of aromatic nitrogens is 2. The minimum atomic E-state index is -0.387. The molecule has 5 nitrogen and oxygen atoms in total. The summed E-state index contributed by atoms with van der Waals surface area (Å²) in [5.74, 6) is 0.00524. The monoisotopic (exact) mass is 289 g/mol. The number of amides is 1. The van der Waals surface area contributed by atoms with Gasteiger partial charge in [-0.15, -0.1) is 11.3 Å². The van der Waals surface area contributed by atoms with Crippen LogP contribution in [-0.4, -0.2) is 15.5 Å². The first-order chi connectivity index (χ1) is 9.58. The Morgan fingerprint density at radius 3 is 3.05 bits per heavy atom. The predicted octanol–water partition coefficient (Wildman–Crippen LogP) is 2.14. The fraction of sp³-hybridized carbons (Fsp3) is 0.357. The van der Waals surface area contributed by atoms with Crippen molar-refractivity contribution in [2.45, 2.75) is 25.7 Å². The van der Waals surface area contributed by atoms with Gasteiger partial charge in [0.05, 0.1) is 0 Å². The van der Waals surface area contributed by atoms with Gasteiger partial charge in [-0.3, -0.25) is 14.9 Å². The van der Waals surface area contributed by atoms with Crippen LogP contribution < -0.4 is 10.9 Å². The molecule has 0 aliphatic heterocycles. The van der Waals surface area contributed by atoms with Crippen molar-refractivity contribution in [3.8, 4) is 0 Å². The summed E-state index contributed by atoms with van der Waals surface area (Å²) in [6.07, 6.45) is 3.54. The predicted molar refractivity (Wildman–Crippen MR) is 78.5 cm³/mol. The minimum absolute atomic E-state index is 0.190. The van der Waals surface area contributed by atoms with E-state index in [9.17, 15) is 9.59 Å². The molecule has 104 valence electrons. The van der Waals surface area contributed by atoms with Crippen LogP contribution in [0.5, 0.6) is 0 Å². The number of hydrogen-bond donors (Lipinski definition) is 1. The van der Waals surface area contributed by atoms with Crippen LogP contribution in [0, 0.1) is 0 Å². The molecule has 2 heterocycles. The van der Waals surface area contributed by atoms with Gasteiger partial charge in [-0.25, -0.2) is 4.98 Å². The van der Waals surface area contributed by atoms with Crippen molar-refractivity contribution in [1.29, 1.82) is 0 Å². The summed E-state index contributed by atoms with van der Waals surface area (Å²) < 4.78 is 1.61. The smallest absolute Gasteiger partial charge is 0.263 e. The van der Waals surface area contributed by atoms with Crippen molar-refractivity contribution in [1.82, 2.24) is 9.55 Å². The molecule has 1 N–H and O–H groups in total. The first-order valence-corrected chi connectivity index (χ1v) is 7.39. The van der Waals surface area contributed by atoms with E-state index in [1.54, 1.807) is 29.3 Å². The molecule has 2 aromatic heterocycles. The first-order valence-electron chi connectivity index (χ1n) is 6.51. The Balaban J connectivity index is 2.02. The quantitative estimate of drug-likeness (QED) is 0.921. The molecule has 0 saturated carbocycles. The molecule has 1 atom stereocenters. The largest absolute Gasteiger partial charge is 0.315 e. The fourth-order valence-electron chi connectivity index (χ4n) is 2.66. The number of thiazole rings is 1. The molecule has 0 aromatic carbocycles. The number of carbonyl (C=O) groups excluding carboxylic acids is 1. The van der Waals surface area contributed by atoms with Crippen LogP contribution in [0.1, 0.15) is 40.9 Å². The molecule has 0 unspecified atom stereocenters. The van der Waals surface area contributed by atoms with Crippen LogP contribution >= 0.6 is 11.3 Å². The molecule has 2 aromatic rings. The standard InChI is InChI=1S/C14H15N3O2S/c1-8-3-4-11-9(8)7-10(13(19)17(11)2)12(18)16-14-15-5-6-20-14/h5-8H,3-4H2,1-2H3,(H,15,16,18)/t8-/m1/s1. The van der Waals surface area contributed by atoms with E-state index >= 15 is 0 Å². The SMILES string of the molecule is C[C@@H]1CCc2c1cc(C(=O)Nc1nccs1)c(=O)n2C. The third-order valence-corrected chi connectivity index (χ3v) is 4.50. The molecule has 1 amide bonds. The van der Waals surface area contributed by atoms with Gasteiger partial charge in [0, 0.05) is 24.3 Å². The summed E-state index contributed by atoms with van der Waals surface area (Å²) in [6.45, 7) is 2.12. The molecule has 1 aliphatic rings. The Labute approximate surface area is 120 Å². The molecular formula is C14H15N3O2S. The zero-order valence-corrected chi connectivity index (χ0v) is 12.2. The van der Waals surface area contributed by atoms with E-state index in [4.69, 9.17) is 0 Å². The van der Waals surface area contributed by atoms with Crippen LogP contribution in [0.4, 0.5) is 5.13 Å². The molecule has 1 aliphatic carbocycles. The average Bonchev–Trinajstić information content (AvgIpc) is 3.04. The molecule has 6 heteroatoms. The van der Waals surface area contributed by atoms with Crippen molar-refractivity contribution in [2.24, 2.45) is 7.05 Å². The summed E-state index contributed by atoms with van der Waals surface area (Å²) in [6, 6.07) is 1.75. The molecule has 0 spiro atoms. The third-order valence-electron chi connectivity index (χ3n) is 3.82. The maximum atomic E-state index is 12.3. The third kappa shape index (κ3) is 2.06. The second-order valence-corrected chi connectivity index (χ2v) is 5.95. The second-order valence-electron chi connectivity index (χ2n) is 5.06.